The fraction of sp³-hybridized carbons (Fsp3) is 0.621. The van der Waals surface area contributed by atoms with Crippen LogP contribution in [0.4, 0.5) is 5.95 Å². The maximum absolute atomic E-state index is 12.7. The van der Waals surface area contributed by atoms with Crippen LogP contribution < -0.4 is 21.3 Å². The topological polar surface area (TPSA) is 180 Å². The Bertz CT molecular complexity index is 1050. The summed E-state index contributed by atoms with van der Waals surface area (Å²) in [5, 5.41) is 5.88. The van der Waals surface area contributed by atoms with Crippen molar-refractivity contribution in [3.05, 3.63) is 29.7 Å². The van der Waals surface area contributed by atoms with Gasteiger partial charge in [-0.3, -0.25) is 24.5 Å². The molecule has 15 heteroatoms. The van der Waals surface area contributed by atoms with Crippen LogP contribution in [0.15, 0.2) is 34.2 Å². The molecule has 0 atom stereocenters. The van der Waals surface area contributed by atoms with Crippen molar-refractivity contribution in [2.24, 2.45) is 15.7 Å². The molecule has 0 unspecified atom stereocenters. The van der Waals surface area contributed by atoms with Crippen LogP contribution in [0.25, 0.3) is 0 Å². The Kier molecular flexibility index (Phi) is 19.0. The van der Waals surface area contributed by atoms with Crippen LogP contribution in [0.2, 0.25) is 0 Å². The van der Waals surface area contributed by atoms with Crippen LogP contribution in [0.3, 0.4) is 0 Å². The molecule has 0 aromatic carbocycles. The number of hydrogen-bond donors (Lipinski definition) is 3. The summed E-state index contributed by atoms with van der Waals surface area (Å²) >= 11 is 0. The van der Waals surface area contributed by atoms with Crippen LogP contribution >= 0.6 is 0 Å². The normalized spacial score (nSPS) is 13.9. The number of carbonyl (C=O) groups is 3. The average Bonchev–Trinajstić information content (AvgIpc) is 3.05. The summed E-state index contributed by atoms with van der Waals surface area (Å²) in [6, 6.07) is 0. The molecule has 1 fully saturated rings. The minimum Gasteiger partial charge on any atom is -0.380 e. The molecule has 2 heterocycles. The van der Waals surface area contributed by atoms with Gasteiger partial charge < -0.3 is 40.4 Å². The zero-order valence-electron chi connectivity index (χ0n) is 25.9. The number of nitrogens with one attached hydrogen (secondary N) is 2. The summed E-state index contributed by atoms with van der Waals surface area (Å²) in [6.45, 7) is 11.7. The predicted octanol–water partition coefficient (Wildman–Crippen LogP) is -1.11. The summed E-state index contributed by atoms with van der Waals surface area (Å²) in [5.74, 6) is 0.411. The molecule has 1 aromatic heterocycles. The smallest absolute Gasteiger partial charge is 0.254 e. The third-order valence-electron chi connectivity index (χ3n) is 6.71. The number of aliphatic imine (C=N–C) groups is 2. The summed E-state index contributed by atoms with van der Waals surface area (Å²) in [7, 11) is 1.90. The Labute approximate surface area is 260 Å². The highest BCUT2D eigenvalue weighted by Gasteiger charge is 2.22. The molecular formula is C29H48N10O5. The highest BCUT2D eigenvalue weighted by molar-refractivity contribution is 6.12. The van der Waals surface area contributed by atoms with Gasteiger partial charge in [0.05, 0.1) is 45.0 Å². The van der Waals surface area contributed by atoms with Crippen molar-refractivity contribution < 1.29 is 23.9 Å². The van der Waals surface area contributed by atoms with Crippen molar-refractivity contribution in [2.75, 3.05) is 104 Å². The quantitative estimate of drug-likeness (QED) is 0.0587. The first-order valence-corrected chi connectivity index (χ1v) is 15.0. The van der Waals surface area contributed by atoms with Crippen LogP contribution in [0, 0.1) is 0 Å². The van der Waals surface area contributed by atoms with E-state index in [0.29, 0.717) is 110 Å². The van der Waals surface area contributed by atoms with E-state index in [0.717, 1.165) is 24.9 Å². The van der Waals surface area contributed by atoms with Crippen molar-refractivity contribution in [1.29, 1.82) is 0 Å². The molecule has 1 saturated heterocycles. The van der Waals surface area contributed by atoms with E-state index in [1.165, 1.54) is 12.4 Å². The zero-order valence-corrected chi connectivity index (χ0v) is 25.9. The molecule has 1 aliphatic heterocycles. The monoisotopic (exact) mass is 616 g/mol. The Morgan fingerprint density at radius 2 is 1.82 bits per heavy atom. The second-order valence-electron chi connectivity index (χ2n) is 9.90. The van der Waals surface area contributed by atoms with Crippen LogP contribution in [-0.2, 0) is 30.4 Å². The first-order chi connectivity index (χ1) is 21.5. The number of rotatable bonds is 23. The third-order valence-corrected chi connectivity index (χ3v) is 6.71. The molecule has 0 spiro atoms. The summed E-state index contributed by atoms with van der Waals surface area (Å²) in [6.07, 6.45) is 7.76. The second kappa shape index (κ2) is 22.8. The fourth-order valence-electron chi connectivity index (χ4n) is 4.17. The van der Waals surface area contributed by atoms with Gasteiger partial charge in [0, 0.05) is 102 Å². The van der Waals surface area contributed by atoms with Crippen molar-refractivity contribution in [3.63, 3.8) is 0 Å². The molecule has 4 N–H and O–H groups in total. The predicted molar refractivity (Wildman–Crippen MR) is 170 cm³/mol. The maximum atomic E-state index is 12.7. The lowest BCUT2D eigenvalue weighted by atomic mass is 10.3. The highest BCUT2D eigenvalue weighted by Crippen LogP contribution is 2.11. The zero-order chi connectivity index (χ0) is 31.8. The highest BCUT2D eigenvalue weighted by atomic mass is 16.5. The lowest BCUT2D eigenvalue weighted by molar-refractivity contribution is -0.132. The van der Waals surface area contributed by atoms with Crippen LogP contribution in [-0.4, -0.2) is 150 Å². The van der Waals surface area contributed by atoms with Gasteiger partial charge in [-0.05, 0) is 13.8 Å². The fourth-order valence-corrected chi connectivity index (χ4v) is 4.17. The van der Waals surface area contributed by atoms with Gasteiger partial charge in [-0.25, -0.2) is 9.97 Å². The summed E-state index contributed by atoms with van der Waals surface area (Å²) in [5.41, 5.74) is 6.79. The van der Waals surface area contributed by atoms with E-state index >= 15 is 0 Å². The summed E-state index contributed by atoms with van der Waals surface area (Å²) < 4.78 is 11.0. The first-order valence-electron chi connectivity index (χ1n) is 15.0. The van der Waals surface area contributed by atoms with Gasteiger partial charge in [-0.2, -0.15) is 0 Å². The number of nitrogens with two attached hydrogens (primary N) is 1. The van der Waals surface area contributed by atoms with E-state index in [1.807, 2.05) is 11.9 Å². The van der Waals surface area contributed by atoms with Crippen molar-refractivity contribution in [2.45, 2.75) is 19.4 Å². The van der Waals surface area contributed by atoms with E-state index in [2.05, 4.69) is 47.1 Å². The number of piperazine rings is 1. The number of anilines is 1. The third kappa shape index (κ3) is 14.7. The molecular weight excluding hydrogens is 568 g/mol. The van der Waals surface area contributed by atoms with Gasteiger partial charge >= 0.3 is 0 Å². The lowest BCUT2D eigenvalue weighted by Crippen LogP contribution is -2.49. The summed E-state index contributed by atoms with van der Waals surface area (Å²) in [4.78, 5) is 58.4. The Morgan fingerprint density at radius 1 is 1.07 bits per heavy atom. The maximum Gasteiger partial charge on any atom is 0.254 e. The molecule has 0 bridgehead atoms. The van der Waals surface area contributed by atoms with Crippen molar-refractivity contribution >= 4 is 37.0 Å². The van der Waals surface area contributed by atoms with Crippen molar-refractivity contribution in [1.82, 2.24) is 30.4 Å². The number of carbonyl (C=O) groups excluding carboxylic acids is 3. The number of likely N-dealkylation sites (N-methyl/N-ethyl adjacent to an activating group) is 1. The van der Waals surface area contributed by atoms with Crippen LogP contribution in [0.5, 0.6) is 0 Å². The van der Waals surface area contributed by atoms with Gasteiger partial charge in [-0.1, -0.05) is 0 Å². The minimum atomic E-state index is -0.330. The van der Waals surface area contributed by atoms with Crippen LogP contribution in [0.1, 0.15) is 18.4 Å². The molecule has 1 aliphatic rings. The molecule has 44 heavy (non-hydrogen) atoms. The number of nitrogens with zero attached hydrogens (tertiary/aromatic N) is 7. The molecule has 1 aromatic rings. The molecule has 15 nitrogen and oxygen atoms in total. The number of amides is 2. The van der Waals surface area contributed by atoms with Gasteiger partial charge in [0.25, 0.3) is 5.91 Å². The first kappa shape index (κ1) is 36.6. The van der Waals surface area contributed by atoms with E-state index in [4.69, 9.17) is 15.2 Å². The van der Waals surface area contributed by atoms with Gasteiger partial charge in [0.15, 0.2) is 0 Å². The Hall–Kier alpha value is -3.63. The SMILES string of the molecule is C=N/C=C(\C=N/CCN(CCNC)CCOCCC(=O)N1CCN(c2ncc(CN)cn2)CC1)C(=O)NCCOCCC=O. The Morgan fingerprint density at radius 3 is 2.50 bits per heavy atom. The largest absolute Gasteiger partial charge is 0.380 e. The lowest BCUT2D eigenvalue weighted by Gasteiger charge is -2.34. The van der Waals surface area contributed by atoms with E-state index < -0.39 is 0 Å². The second-order valence-corrected chi connectivity index (χ2v) is 9.90. The molecule has 2 amide bonds. The number of aromatic nitrogens is 2. The molecule has 0 radical (unpaired) electrons. The van der Waals surface area contributed by atoms with Crippen molar-refractivity contribution in [3.8, 4) is 0 Å². The van der Waals surface area contributed by atoms with E-state index in [9.17, 15) is 14.4 Å². The minimum absolute atomic E-state index is 0.0813. The molecule has 244 valence electrons. The van der Waals surface area contributed by atoms with Gasteiger partial charge in [-0.15, -0.1) is 0 Å². The Balaban J connectivity index is 1.66. The van der Waals surface area contributed by atoms with Gasteiger partial charge in [0.1, 0.15) is 6.29 Å². The molecule has 2 rings (SSSR count). The average molecular weight is 617 g/mol. The molecule has 0 aliphatic carbocycles. The van der Waals surface area contributed by atoms with E-state index in [1.54, 1.807) is 12.4 Å². The number of ether oxygens (including phenoxy) is 2. The molecule has 0 saturated carbocycles. The van der Waals surface area contributed by atoms with E-state index in [-0.39, 0.29) is 11.8 Å². The standard InChI is InChI=1S/C29H48N10O5/c1-31-5-8-37(9-6-33-24-26(23-32-2)28(42)34-7-18-43-16-3-15-40)14-19-44-17-4-27(41)38-10-12-39(13-11-38)29-35-21-25(20-30)22-36-29/h15,21-24,31H,2-14,16-20,30H2,1H3,(H,34,42)/b26-23+,33-24-. The number of aldehydes is 1. The van der Waals surface area contributed by atoms with Gasteiger partial charge in [0.2, 0.25) is 11.9 Å². The number of hydrogen-bond acceptors (Lipinski definition) is 13.